The normalized spacial score (nSPS) is 19.8. The highest BCUT2D eigenvalue weighted by atomic mass is 16.5. The van der Waals surface area contributed by atoms with Crippen molar-refractivity contribution in [2.45, 2.75) is 32.7 Å². The molecule has 0 spiro atoms. The van der Waals surface area contributed by atoms with Gasteiger partial charge in [-0.25, -0.2) is 0 Å². The number of amides is 1. The van der Waals surface area contributed by atoms with Crippen molar-refractivity contribution in [2.24, 2.45) is 0 Å². The van der Waals surface area contributed by atoms with E-state index in [1.54, 1.807) is 29.2 Å². The number of hydrogen-bond donors (Lipinski definition) is 1. The van der Waals surface area contributed by atoms with Gasteiger partial charge in [0.05, 0.1) is 38.0 Å². The molecule has 0 saturated carbocycles. The number of ketones is 1. The molecule has 0 aromatic heterocycles. The maximum Gasteiger partial charge on any atom is 0.295 e. The third-order valence-electron chi connectivity index (χ3n) is 6.63. The molecule has 2 saturated heterocycles. The number of hydrogen-bond acceptors (Lipinski definition) is 7. The van der Waals surface area contributed by atoms with Gasteiger partial charge in [0.15, 0.2) is 0 Å². The van der Waals surface area contributed by atoms with Gasteiger partial charge in [0.1, 0.15) is 17.3 Å². The molecule has 37 heavy (non-hydrogen) atoms. The molecule has 1 amide bonds. The number of aliphatic hydroxyl groups is 1. The Labute approximate surface area is 218 Å². The fourth-order valence-electron chi connectivity index (χ4n) is 4.80. The molecule has 8 heteroatoms. The summed E-state index contributed by atoms with van der Waals surface area (Å²) in [6.45, 7) is 9.24. The average molecular weight is 509 g/mol. The molecule has 2 aliphatic heterocycles. The van der Waals surface area contributed by atoms with E-state index in [-0.39, 0.29) is 11.3 Å². The van der Waals surface area contributed by atoms with E-state index in [9.17, 15) is 14.7 Å². The fourth-order valence-corrected chi connectivity index (χ4v) is 4.80. The van der Waals surface area contributed by atoms with Gasteiger partial charge in [-0.3, -0.25) is 14.5 Å². The van der Waals surface area contributed by atoms with Crippen LogP contribution in [0.5, 0.6) is 11.5 Å². The van der Waals surface area contributed by atoms with Crippen LogP contribution < -0.4 is 9.47 Å². The van der Waals surface area contributed by atoms with Crippen molar-refractivity contribution in [1.29, 1.82) is 0 Å². The van der Waals surface area contributed by atoms with E-state index in [0.29, 0.717) is 62.0 Å². The lowest BCUT2D eigenvalue weighted by atomic mass is 9.94. The predicted molar refractivity (Wildman–Crippen MR) is 141 cm³/mol. The lowest BCUT2D eigenvalue weighted by molar-refractivity contribution is -0.140. The summed E-state index contributed by atoms with van der Waals surface area (Å²) in [6.07, 6.45) is 1.58. The van der Waals surface area contributed by atoms with Crippen LogP contribution in [0.1, 0.15) is 43.9 Å². The van der Waals surface area contributed by atoms with E-state index in [1.807, 2.05) is 38.1 Å². The Hall–Kier alpha value is -3.36. The summed E-state index contributed by atoms with van der Waals surface area (Å²) in [5.74, 6) is -0.230. The van der Waals surface area contributed by atoms with Gasteiger partial charge in [-0.15, -0.1) is 0 Å². The Balaban J connectivity index is 1.68. The Bertz CT molecular complexity index is 1110. The van der Waals surface area contributed by atoms with E-state index in [1.165, 1.54) is 0 Å². The molecule has 1 atom stereocenters. The third-order valence-corrected chi connectivity index (χ3v) is 6.63. The Kier molecular flexibility index (Phi) is 9.19. The number of aliphatic hydroxyl groups excluding tert-OH is 1. The quantitative estimate of drug-likeness (QED) is 0.279. The van der Waals surface area contributed by atoms with Gasteiger partial charge in [-0.05, 0) is 50.1 Å². The van der Waals surface area contributed by atoms with Gasteiger partial charge in [0.2, 0.25) is 0 Å². The zero-order valence-corrected chi connectivity index (χ0v) is 21.7. The van der Waals surface area contributed by atoms with E-state index in [4.69, 9.17) is 14.2 Å². The van der Waals surface area contributed by atoms with Gasteiger partial charge < -0.3 is 24.2 Å². The number of benzene rings is 2. The first-order valence-electron chi connectivity index (χ1n) is 13.1. The molecule has 1 unspecified atom stereocenters. The molecule has 2 heterocycles. The summed E-state index contributed by atoms with van der Waals surface area (Å²) >= 11 is 0. The Morgan fingerprint density at radius 3 is 2.43 bits per heavy atom. The molecular formula is C29H36N2O6. The summed E-state index contributed by atoms with van der Waals surface area (Å²) < 4.78 is 16.9. The van der Waals surface area contributed by atoms with Crippen LogP contribution in [0.3, 0.4) is 0 Å². The number of Topliss-reactive ketones (excluding diaryl/α,β-unsaturated/α-hetero) is 1. The third kappa shape index (κ3) is 6.14. The molecule has 4 rings (SSSR count). The minimum absolute atomic E-state index is 0.0748. The SMILES string of the molecule is CCCOc1ccc(/C(O)=C2\C(=O)C(=O)N(CCCN3CCOCC3)C2c2ccccc2OCC)cc1. The van der Waals surface area contributed by atoms with Crippen LogP contribution in [0, 0.1) is 0 Å². The van der Waals surface area contributed by atoms with Crippen molar-refractivity contribution in [3.05, 3.63) is 65.2 Å². The number of rotatable bonds is 11. The van der Waals surface area contributed by atoms with E-state index >= 15 is 0 Å². The van der Waals surface area contributed by atoms with Gasteiger partial charge in [0, 0.05) is 37.3 Å². The van der Waals surface area contributed by atoms with Crippen LogP contribution in [0.2, 0.25) is 0 Å². The highest BCUT2D eigenvalue weighted by Gasteiger charge is 2.46. The molecule has 0 aliphatic carbocycles. The molecule has 2 aliphatic rings. The first-order chi connectivity index (χ1) is 18.0. The Morgan fingerprint density at radius 1 is 1.00 bits per heavy atom. The van der Waals surface area contributed by atoms with Crippen LogP contribution in [0.25, 0.3) is 5.76 Å². The van der Waals surface area contributed by atoms with Crippen LogP contribution in [0.4, 0.5) is 0 Å². The minimum Gasteiger partial charge on any atom is -0.507 e. The Morgan fingerprint density at radius 2 is 1.73 bits per heavy atom. The molecular weight excluding hydrogens is 472 g/mol. The highest BCUT2D eigenvalue weighted by Crippen LogP contribution is 2.42. The van der Waals surface area contributed by atoms with Crippen molar-refractivity contribution >= 4 is 17.4 Å². The average Bonchev–Trinajstić information content (AvgIpc) is 3.18. The molecule has 0 radical (unpaired) electrons. The van der Waals surface area contributed by atoms with Crippen molar-refractivity contribution in [3.8, 4) is 11.5 Å². The topological polar surface area (TPSA) is 88.5 Å². The number of carbonyl (C=O) groups is 2. The van der Waals surface area contributed by atoms with Crippen LogP contribution in [-0.4, -0.2) is 79.2 Å². The molecule has 2 aromatic carbocycles. The second-order valence-corrected chi connectivity index (χ2v) is 9.14. The number of likely N-dealkylation sites (tertiary alicyclic amines) is 1. The second kappa shape index (κ2) is 12.7. The smallest absolute Gasteiger partial charge is 0.295 e. The highest BCUT2D eigenvalue weighted by molar-refractivity contribution is 6.46. The van der Waals surface area contributed by atoms with E-state index < -0.39 is 17.7 Å². The number of nitrogens with zero attached hydrogens (tertiary/aromatic N) is 2. The first-order valence-corrected chi connectivity index (χ1v) is 13.1. The van der Waals surface area contributed by atoms with Gasteiger partial charge in [-0.2, -0.15) is 0 Å². The lowest BCUT2D eigenvalue weighted by Gasteiger charge is -2.29. The molecule has 8 nitrogen and oxygen atoms in total. The van der Waals surface area contributed by atoms with Gasteiger partial charge in [0.25, 0.3) is 11.7 Å². The molecule has 2 fully saturated rings. The molecule has 0 bridgehead atoms. The van der Waals surface area contributed by atoms with Crippen LogP contribution in [0.15, 0.2) is 54.1 Å². The van der Waals surface area contributed by atoms with E-state index in [0.717, 1.165) is 26.1 Å². The monoisotopic (exact) mass is 508 g/mol. The second-order valence-electron chi connectivity index (χ2n) is 9.14. The fraction of sp³-hybridized carbons (Fsp3) is 0.448. The van der Waals surface area contributed by atoms with Crippen molar-refractivity contribution in [2.75, 3.05) is 52.6 Å². The maximum atomic E-state index is 13.4. The molecule has 198 valence electrons. The standard InChI is InChI=1S/C29H36N2O6/c1-3-18-37-22-12-10-21(11-13-22)27(32)25-26(23-8-5-6-9-24(23)36-4-2)31(29(34)28(25)33)15-7-14-30-16-19-35-20-17-30/h5-6,8-13,26,32H,3-4,7,14-20H2,1-2H3/b27-25+. The molecule has 2 aromatic rings. The van der Waals surface area contributed by atoms with Crippen LogP contribution >= 0.6 is 0 Å². The summed E-state index contributed by atoms with van der Waals surface area (Å²) in [5, 5.41) is 11.4. The largest absolute Gasteiger partial charge is 0.507 e. The number of para-hydroxylation sites is 1. The number of carbonyl (C=O) groups excluding carboxylic acids is 2. The summed E-state index contributed by atoms with van der Waals surface area (Å²) in [6, 6.07) is 13.6. The minimum atomic E-state index is -0.747. The first kappa shape index (κ1) is 26.7. The van der Waals surface area contributed by atoms with Crippen LogP contribution in [-0.2, 0) is 14.3 Å². The van der Waals surface area contributed by atoms with Gasteiger partial charge in [-0.1, -0.05) is 25.1 Å². The van der Waals surface area contributed by atoms with Crippen molar-refractivity contribution < 1.29 is 28.9 Å². The zero-order chi connectivity index (χ0) is 26.2. The summed E-state index contributed by atoms with van der Waals surface area (Å²) in [5.41, 5.74) is 1.21. The van der Waals surface area contributed by atoms with Crippen molar-refractivity contribution in [3.63, 3.8) is 0 Å². The lowest BCUT2D eigenvalue weighted by Crippen LogP contribution is -2.39. The number of morpholine rings is 1. The summed E-state index contributed by atoms with van der Waals surface area (Å²) in [4.78, 5) is 30.5. The van der Waals surface area contributed by atoms with E-state index in [2.05, 4.69) is 4.90 Å². The zero-order valence-electron chi connectivity index (χ0n) is 21.7. The summed E-state index contributed by atoms with van der Waals surface area (Å²) in [7, 11) is 0. The predicted octanol–water partition coefficient (Wildman–Crippen LogP) is 4.02. The van der Waals surface area contributed by atoms with Crippen molar-refractivity contribution in [1.82, 2.24) is 9.80 Å². The number of ether oxygens (including phenoxy) is 3. The molecule has 1 N–H and O–H groups in total. The van der Waals surface area contributed by atoms with Gasteiger partial charge >= 0.3 is 0 Å². The maximum absolute atomic E-state index is 13.4.